The molecule has 1 aromatic rings. The summed E-state index contributed by atoms with van der Waals surface area (Å²) in [5, 5.41) is 4.40. The van der Waals surface area contributed by atoms with Gasteiger partial charge in [0.2, 0.25) is 0 Å². The zero-order valence-electron chi connectivity index (χ0n) is 13.4. The number of hydrogen-bond donors (Lipinski definition) is 1. The molecule has 2 fully saturated rings. The molecule has 2 aliphatic rings. The molecule has 0 unspecified atom stereocenters. The number of rotatable bonds is 2. The Morgan fingerprint density at radius 3 is 2.50 bits per heavy atom. The van der Waals surface area contributed by atoms with E-state index in [0.717, 1.165) is 57.7 Å². The van der Waals surface area contributed by atoms with Crippen molar-refractivity contribution in [2.45, 2.75) is 51.5 Å². The number of urea groups is 1. The van der Waals surface area contributed by atoms with E-state index in [4.69, 9.17) is 4.74 Å². The van der Waals surface area contributed by atoms with Gasteiger partial charge >= 0.3 is 6.03 Å². The molecule has 2 aliphatic heterocycles. The van der Waals surface area contributed by atoms with Crippen LogP contribution in [-0.4, -0.2) is 48.3 Å². The largest absolute Gasteiger partial charge is 0.381 e. The van der Waals surface area contributed by atoms with Gasteiger partial charge in [0.1, 0.15) is 0 Å². The SMILES string of the molecule is Cc1nc(C2CCN(C(=O)NC3CCOCC3)CC2)sc1C. The Balaban J connectivity index is 1.49. The van der Waals surface area contributed by atoms with E-state index in [2.05, 4.69) is 24.1 Å². The summed E-state index contributed by atoms with van der Waals surface area (Å²) in [5.74, 6) is 0.518. The molecule has 6 heteroatoms. The minimum atomic E-state index is 0.0943. The van der Waals surface area contributed by atoms with Crippen molar-refractivity contribution in [3.05, 3.63) is 15.6 Å². The molecule has 2 saturated heterocycles. The Bertz CT molecular complexity index is 498. The van der Waals surface area contributed by atoms with Crippen LogP contribution in [0.15, 0.2) is 0 Å². The van der Waals surface area contributed by atoms with Crippen LogP contribution in [0.1, 0.15) is 47.2 Å². The van der Waals surface area contributed by atoms with Gasteiger partial charge in [0.05, 0.1) is 10.7 Å². The highest BCUT2D eigenvalue weighted by Crippen LogP contribution is 2.32. The summed E-state index contributed by atoms with van der Waals surface area (Å²) < 4.78 is 5.33. The fourth-order valence-electron chi connectivity index (χ4n) is 3.11. The zero-order valence-corrected chi connectivity index (χ0v) is 14.2. The number of amides is 2. The Hall–Kier alpha value is -1.14. The van der Waals surface area contributed by atoms with Gasteiger partial charge in [-0.2, -0.15) is 0 Å². The van der Waals surface area contributed by atoms with Crippen molar-refractivity contribution in [2.24, 2.45) is 0 Å². The number of thiazole rings is 1. The van der Waals surface area contributed by atoms with E-state index in [9.17, 15) is 4.79 Å². The van der Waals surface area contributed by atoms with E-state index in [1.165, 1.54) is 9.88 Å². The van der Waals surface area contributed by atoms with Crippen LogP contribution in [0.3, 0.4) is 0 Å². The van der Waals surface area contributed by atoms with Crippen LogP contribution < -0.4 is 5.32 Å². The second kappa shape index (κ2) is 6.96. The highest BCUT2D eigenvalue weighted by molar-refractivity contribution is 7.11. The molecular formula is C16H25N3O2S. The summed E-state index contributed by atoms with van der Waals surface area (Å²) in [4.78, 5) is 20.3. The van der Waals surface area contributed by atoms with Gasteiger partial charge in [-0.05, 0) is 39.5 Å². The molecule has 0 atom stereocenters. The average Bonchev–Trinajstić information content (AvgIpc) is 2.88. The normalized spacial score (nSPS) is 21.1. The maximum absolute atomic E-state index is 12.3. The van der Waals surface area contributed by atoms with Crippen LogP contribution in [-0.2, 0) is 4.74 Å². The molecule has 2 amide bonds. The molecule has 1 aromatic heterocycles. The van der Waals surface area contributed by atoms with Gasteiger partial charge < -0.3 is 15.0 Å². The Labute approximate surface area is 136 Å². The zero-order chi connectivity index (χ0) is 15.5. The maximum Gasteiger partial charge on any atom is 0.317 e. The lowest BCUT2D eigenvalue weighted by Gasteiger charge is -2.33. The summed E-state index contributed by atoms with van der Waals surface area (Å²) in [5.41, 5.74) is 1.15. The monoisotopic (exact) mass is 323 g/mol. The van der Waals surface area contributed by atoms with Gasteiger partial charge in [-0.15, -0.1) is 11.3 Å². The van der Waals surface area contributed by atoms with Gasteiger partial charge in [0.25, 0.3) is 0 Å². The maximum atomic E-state index is 12.3. The number of piperidine rings is 1. The first kappa shape index (κ1) is 15.7. The molecule has 1 N–H and O–H groups in total. The Morgan fingerprint density at radius 1 is 1.23 bits per heavy atom. The van der Waals surface area contributed by atoms with Crippen LogP contribution in [0.4, 0.5) is 4.79 Å². The van der Waals surface area contributed by atoms with Crippen molar-refractivity contribution in [3.8, 4) is 0 Å². The van der Waals surface area contributed by atoms with Crippen LogP contribution in [0.2, 0.25) is 0 Å². The number of hydrogen-bond acceptors (Lipinski definition) is 4. The smallest absolute Gasteiger partial charge is 0.317 e. The van der Waals surface area contributed by atoms with Crippen LogP contribution in [0.25, 0.3) is 0 Å². The number of carbonyl (C=O) groups excluding carboxylic acids is 1. The molecule has 5 nitrogen and oxygen atoms in total. The third-order valence-corrected chi connectivity index (χ3v) is 5.96. The number of nitrogens with zero attached hydrogens (tertiary/aromatic N) is 2. The number of aromatic nitrogens is 1. The number of aryl methyl sites for hydroxylation is 2. The van der Waals surface area contributed by atoms with E-state index in [1.54, 1.807) is 0 Å². The van der Waals surface area contributed by atoms with Gasteiger partial charge in [0.15, 0.2) is 0 Å². The minimum Gasteiger partial charge on any atom is -0.381 e. The molecule has 0 bridgehead atoms. The van der Waals surface area contributed by atoms with E-state index >= 15 is 0 Å². The molecule has 122 valence electrons. The Morgan fingerprint density at radius 2 is 1.91 bits per heavy atom. The van der Waals surface area contributed by atoms with E-state index in [0.29, 0.717) is 5.92 Å². The first-order valence-corrected chi connectivity index (χ1v) is 9.02. The molecule has 0 saturated carbocycles. The third-order valence-electron chi connectivity index (χ3n) is 4.73. The summed E-state index contributed by atoms with van der Waals surface area (Å²) >= 11 is 1.81. The quantitative estimate of drug-likeness (QED) is 0.910. The predicted molar refractivity (Wildman–Crippen MR) is 87.5 cm³/mol. The molecule has 0 spiro atoms. The van der Waals surface area contributed by atoms with Crippen molar-refractivity contribution < 1.29 is 9.53 Å². The van der Waals surface area contributed by atoms with Crippen molar-refractivity contribution in [1.29, 1.82) is 0 Å². The highest BCUT2D eigenvalue weighted by atomic mass is 32.1. The highest BCUT2D eigenvalue weighted by Gasteiger charge is 2.27. The molecule has 0 aliphatic carbocycles. The topological polar surface area (TPSA) is 54.5 Å². The molecule has 3 heterocycles. The fraction of sp³-hybridized carbons (Fsp3) is 0.750. The molecule has 22 heavy (non-hydrogen) atoms. The lowest BCUT2D eigenvalue weighted by Crippen LogP contribution is -2.48. The van der Waals surface area contributed by atoms with E-state index in [-0.39, 0.29) is 12.1 Å². The van der Waals surface area contributed by atoms with Crippen molar-refractivity contribution in [2.75, 3.05) is 26.3 Å². The van der Waals surface area contributed by atoms with Crippen LogP contribution in [0.5, 0.6) is 0 Å². The number of likely N-dealkylation sites (tertiary alicyclic amines) is 1. The summed E-state index contributed by atoms with van der Waals surface area (Å²) in [6.07, 6.45) is 3.90. The predicted octanol–water partition coefficient (Wildman–Crippen LogP) is 2.83. The molecular weight excluding hydrogens is 298 g/mol. The number of carbonyl (C=O) groups is 1. The van der Waals surface area contributed by atoms with E-state index in [1.807, 2.05) is 16.2 Å². The first-order valence-electron chi connectivity index (χ1n) is 8.20. The number of nitrogens with one attached hydrogen (secondary N) is 1. The van der Waals surface area contributed by atoms with Gasteiger partial charge in [0, 0.05) is 43.1 Å². The van der Waals surface area contributed by atoms with Gasteiger partial charge in [-0.25, -0.2) is 9.78 Å². The lowest BCUT2D eigenvalue weighted by atomic mass is 9.98. The van der Waals surface area contributed by atoms with Crippen molar-refractivity contribution >= 4 is 17.4 Å². The fourth-order valence-corrected chi connectivity index (χ4v) is 4.20. The van der Waals surface area contributed by atoms with Crippen molar-refractivity contribution in [3.63, 3.8) is 0 Å². The Kier molecular flexibility index (Phi) is 4.98. The molecule has 0 aromatic carbocycles. The van der Waals surface area contributed by atoms with Gasteiger partial charge in [-0.3, -0.25) is 0 Å². The molecule has 3 rings (SSSR count). The second-order valence-electron chi connectivity index (χ2n) is 6.29. The summed E-state index contributed by atoms with van der Waals surface area (Å²) in [6.45, 7) is 7.39. The minimum absolute atomic E-state index is 0.0943. The third kappa shape index (κ3) is 3.60. The summed E-state index contributed by atoms with van der Waals surface area (Å²) in [6, 6.07) is 0.375. The van der Waals surface area contributed by atoms with Crippen molar-refractivity contribution in [1.82, 2.24) is 15.2 Å². The van der Waals surface area contributed by atoms with Crippen LogP contribution >= 0.6 is 11.3 Å². The first-order chi connectivity index (χ1) is 10.6. The average molecular weight is 323 g/mol. The lowest BCUT2D eigenvalue weighted by molar-refractivity contribution is 0.0775. The number of ether oxygens (including phenoxy) is 1. The van der Waals surface area contributed by atoms with Crippen LogP contribution in [0, 0.1) is 13.8 Å². The second-order valence-corrected chi connectivity index (χ2v) is 7.53. The summed E-state index contributed by atoms with van der Waals surface area (Å²) in [7, 11) is 0. The molecule has 0 radical (unpaired) electrons. The van der Waals surface area contributed by atoms with Gasteiger partial charge in [-0.1, -0.05) is 0 Å². The standard InChI is InChI=1S/C16H25N3O2S/c1-11-12(2)22-15(17-11)13-3-7-19(8-4-13)16(20)18-14-5-9-21-10-6-14/h13-14H,3-10H2,1-2H3,(H,18,20). The van der Waals surface area contributed by atoms with E-state index < -0.39 is 0 Å².